The number of ether oxygens (including phenoxy) is 1. The number of carbonyl (C=O) groups excluding carboxylic acids is 2. The second-order valence-electron chi connectivity index (χ2n) is 12.6. The van der Waals surface area contributed by atoms with Crippen molar-refractivity contribution >= 4 is 40.8 Å². The van der Waals surface area contributed by atoms with Crippen molar-refractivity contribution in [1.29, 1.82) is 0 Å². The first-order chi connectivity index (χ1) is 21.3. The van der Waals surface area contributed by atoms with Gasteiger partial charge in [-0.1, -0.05) is 56.6 Å². The minimum atomic E-state index is -0.610. The maximum Gasteiger partial charge on any atom is 0.410 e. The number of aldehydes is 1. The normalized spacial score (nSPS) is 15.5. The van der Waals surface area contributed by atoms with Gasteiger partial charge in [-0.15, -0.1) is 0 Å². The molecule has 5 rings (SSSR count). The first-order valence-electron chi connectivity index (χ1n) is 15.2. The molecule has 0 radical (unpaired) electrons. The Labute approximate surface area is 268 Å². The van der Waals surface area contributed by atoms with Crippen LogP contribution in [0, 0.1) is 0 Å². The number of fused-ring (bicyclic) bond motifs is 1. The fraction of sp³-hybridized carbons (Fsp3) is 0.412. The van der Waals surface area contributed by atoms with E-state index in [9.17, 15) is 14.4 Å². The zero-order chi connectivity index (χ0) is 32.6. The standard InChI is InChI=1S/C34H39ClN6O4/c1-8-22-13-14-36-27(20(2)3)29(22)41-31-25(17-26(35)28(37-31)24-12-10-9-11-23(24)19-42)30(38-32(41)43)40-16-15-39(18-21(40)4)33(44)45-34(5,6)7/h9-14,17,19-21H,8,15-16,18H2,1-7H3/t21-/m0/s1. The highest BCUT2D eigenvalue weighted by Gasteiger charge is 2.33. The van der Waals surface area contributed by atoms with Gasteiger partial charge in [0.15, 0.2) is 11.9 Å². The predicted molar refractivity (Wildman–Crippen MR) is 177 cm³/mol. The van der Waals surface area contributed by atoms with Crippen molar-refractivity contribution in [2.24, 2.45) is 0 Å². The number of aromatic nitrogens is 4. The third-order valence-electron chi connectivity index (χ3n) is 7.88. The summed E-state index contributed by atoms with van der Waals surface area (Å²) in [4.78, 5) is 57.1. The molecule has 1 aliphatic rings. The molecule has 0 N–H and O–H groups in total. The molecule has 45 heavy (non-hydrogen) atoms. The molecule has 1 fully saturated rings. The molecule has 0 saturated carbocycles. The third-order valence-corrected chi connectivity index (χ3v) is 8.17. The van der Waals surface area contributed by atoms with Gasteiger partial charge in [0.25, 0.3) is 0 Å². The van der Waals surface area contributed by atoms with Gasteiger partial charge < -0.3 is 14.5 Å². The van der Waals surface area contributed by atoms with Crippen LogP contribution in [0.4, 0.5) is 10.6 Å². The number of halogens is 1. The highest BCUT2D eigenvalue weighted by molar-refractivity contribution is 6.34. The van der Waals surface area contributed by atoms with Gasteiger partial charge in [0.2, 0.25) is 0 Å². The minimum absolute atomic E-state index is 0.0108. The highest BCUT2D eigenvalue weighted by atomic mass is 35.5. The molecular formula is C34H39ClN6O4. The van der Waals surface area contributed by atoms with Crippen LogP contribution >= 0.6 is 11.6 Å². The van der Waals surface area contributed by atoms with E-state index in [-0.39, 0.29) is 18.1 Å². The number of carbonyl (C=O) groups is 2. The fourth-order valence-electron chi connectivity index (χ4n) is 5.77. The van der Waals surface area contributed by atoms with E-state index < -0.39 is 11.3 Å². The molecule has 1 amide bonds. The van der Waals surface area contributed by atoms with Crippen LogP contribution in [0.25, 0.3) is 28.0 Å². The van der Waals surface area contributed by atoms with Gasteiger partial charge in [0, 0.05) is 43.0 Å². The van der Waals surface area contributed by atoms with Crippen LogP contribution < -0.4 is 10.6 Å². The first-order valence-corrected chi connectivity index (χ1v) is 15.6. The van der Waals surface area contributed by atoms with E-state index in [0.29, 0.717) is 70.4 Å². The Morgan fingerprint density at radius 2 is 1.89 bits per heavy atom. The maximum absolute atomic E-state index is 14.2. The van der Waals surface area contributed by atoms with Gasteiger partial charge in [-0.05, 0) is 57.7 Å². The van der Waals surface area contributed by atoms with E-state index >= 15 is 0 Å². The number of hydrogen-bond donors (Lipinski definition) is 0. The number of benzene rings is 1. The Bertz CT molecular complexity index is 1830. The Balaban J connectivity index is 1.75. The van der Waals surface area contributed by atoms with Crippen LogP contribution in [-0.2, 0) is 11.2 Å². The lowest BCUT2D eigenvalue weighted by atomic mass is 10.0. The summed E-state index contributed by atoms with van der Waals surface area (Å²) in [6.07, 6.45) is 2.80. The maximum atomic E-state index is 14.2. The van der Waals surface area contributed by atoms with Gasteiger partial charge in [-0.3, -0.25) is 9.78 Å². The molecule has 0 spiro atoms. The van der Waals surface area contributed by atoms with Gasteiger partial charge in [0.1, 0.15) is 11.4 Å². The van der Waals surface area contributed by atoms with E-state index in [1.165, 1.54) is 4.57 Å². The monoisotopic (exact) mass is 630 g/mol. The number of pyridine rings is 2. The fourth-order valence-corrected chi connectivity index (χ4v) is 6.03. The summed E-state index contributed by atoms with van der Waals surface area (Å²) in [6.45, 7) is 14.8. The number of amides is 1. The Morgan fingerprint density at radius 3 is 2.53 bits per heavy atom. The Hall–Kier alpha value is -4.31. The summed E-state index contributed by atoms with van der Waals surface area (Å²) in [7, 11) is 0. The van der Waals surface area contributed by atoms with Crippen LogP contribution in [0.3, 0.4) is 0 Å². The van der Waals surface area contributed by atoms with Gasteiger partial charge in [-0.2, -0.15) is 4.98 Å². The quantitative estimate of drug-likeness (QED) is 0.224. The lowest BCUT2D eigenvalue weighted by Gasteiger charge is -2.41. The van der Waals surface area contributed by atoms with Crippen LogP contribution in [0.2, 0.25) is 5.02 Å². The average molecular weight is 631 g/mol. The number of piperazine rings is 1. The summed E-state index contributed by atoms with van der Waals surface area (Å²) in [5.74, 6) is 0.442. The van der Waals surface area contributed by atoms with Crippen molar-refractivity contribution in [3.05, 3.63) is 74.9 Å². The average Bonchev–Trinajstić information content (AvgIpc) is 2.99. The summed E-state index contributed by atoms with van der Waals surface area (Å²) in [5, 5.41) is 0.890. The number of nitrogens with zero attached hydrogens (tertiary/aromatic N) is 6. The minimum Gasteiger partial charge on any atom is -0.444 e. The van der Waals surface area contributed by atoms with E-state index in [4.69, 9.17) is 21.3 Å². The van der Waals surface area contributed by atoms with Crippen LogP contribution in [-0.4, -0.2) is 68.1 Å². The molecule has 0 unspecified atom stereocenters. The molecule has 1 atom stereocenters. The number of rotatable bonds is 6. The lowest BCUT2D eigenvalue weighted by Crippen LogP contribution is -2.55. The smallest absolute Gasteiger partial charge is 0.410 e. The lowest BCUT2D eigenvalue weighted by molar-refractivity contribution is 0.0218. The first kappa shape index (κ1) is 32.1. The molecule has 236 valence electrons. The SMILES string of the molecule is CCc1ccnc(C(C)C)c1-n1c(=O)nc(N2CCN(C(=O)OC(C)(C)C)C[C@@H]2C)c2cc(Cl)c(-c3ccccc3C=O)nc21. The molecule has 1 saturated heterocycles. The molecule has 0 bridgehead atoms. The summed E-state index contributed by atoms with van der Waals surface area (Å²) >= 11 is 6.92. The number of anilines is 1. The van der Waals surface area contributed by atoms with E-state index in [2.05, 4.69) is 9.97 Å². The summed E-state index contributed by atoms with van der Waals surface area (Å²) in [5.41, 5.74) is 2.94. The van der Waals surface area contributed by atoms with E-state index in [1.807, 2.05) is 65.5 Å². The molecule has 11 heteroatoms. The van der Waals surface area contributed by atoms with Crippen molar-refractivity contribution in [3.8, 4) is 16.9 Å². The second-order valence-corrected chi connectivity index (χ2v) is 13.0. The van der Waals surface area contributed by atoms with Gasteiger partial charge in [0.05, 0.1) is 27.5 Å². The van der Waals surface area contributed by atoms with Gasteiger partial charge >= 0.3 is 11.8 Å². The molecule has 10 nitrogen and oxygen atoms in total. The number of hydrogen-bond acceptors (Lipinski definition) is 8. The topological polar surface area (TPSA) is 111 Å². The predicted octanol–water partition coefficient (Wildman–Crippen LogP) is 6.44. The molecule has 1 aliphatic heterocycles. The van der Waals surface area contributed by atoms with E-state index in [0.717, 1.165) is 17.5 Å². The zero-order valence-electron chi connectivity index (χ0n) is 26.8. The molecule has 1 aromatic carbocycles. The van der Waals surface area contributed by atoms with Crippen LogP contribution in [0.5, 0.6) is 0 Å². The van der Waals surface area contributed by atoms with Crippen LogP contribution in [0.1, 0.15) is 76.0 Å². The Morgan fingerprint density at radius 1 is 1.16 bits per heavy atom. The molecule has 3 aromatic heterocycles. The Kier molecular flexibility index (Phi) is 8.98. The largest absolute Gasteiger partial charge is 0.444 e. The number of aryl methyl sites for hydroxylation is 1. The van der Waals surface area contributed by atoms with Crippen LogP contribution in [0.15, 0.2) is 47.4 Å². The van der Waals surface area contributed by atoms with Crippen molar-refractivity contribution in [3.63, 3.8) is 0 Å². The highest BCUT2D eigenvalue weighted by Crippen LogP contribution is 2.36. The zero-order valence-corrected chi connectivity index (χ0v) is 27.6. The van der Waals surface area contributed by atoms with E-state index in [1.54, 1.807) is 35.4 Å². The molecular weight excluding hydrogens is 592 g/mol. The van der Waals surface area contributed by atoms with Crippen molar-refractivity contribution in [1.82, 2.24) is 24.4 Å². The van der Waals surface area contributed by atoms with Crippen molar-refractivity contribution in [2.75, 3.05) is 24.5 Å². The molecule has 4 heterocycles. The van der Waals surface area contributed by atoms with Gasteiger partial charge in [-0.25, -0.2) is 19.1 Å². The van der Waals surface area contributed by atoms with Crippen molar-refractivity contribution in [2.45, 2.75) is 72.4 Å². The second kappa shape index (κ2) is 12.6. The summed E-state index contributed by atoms with van der Waals surface area (Å²) < 4.78 is 7.14. The summed E-state index contributed by atoms with van der Waals surface area (Å²) in [6, 6.07) is 10.6. The molecule has 4 aromatic rings. The molecule has 0 aliphatic carbocycles. The van der Waals surface area contributed by atoms with Crippen molar-refractivity contribution < 1.29 is 14.3 Å². The third kappa shape index (κ3) is 6.29.